The van der Waals surface area contributed by atoms with Gasteiger partial charge in [0.1, 0.15) is 0 Å². The number of pyridine rings is 1. The van der Waals surface area contributed by atoms with E-state index >= 15 is 0 Å². The number of imidazole rings is 1. The lowest BCUT2D eigenvalue weighted by atomic mass is 10.0. The van der Waals surface area contributed by atoms with Crippen molar-refractivity contribution in [3.05, 3.63) is 64.8 Å². The molecular weight excluding hydrogens is 378 g/mol. The Kier molecular flexibility index (Phi) is 4.65. The van der Waals surface area contributed by atoms with E-state index in [0.29, 0.717) is 25.0 Å². The molecule has 3 aromatic heterocycles. The number of benzene rings is 1. The standard InChI is InChI=1S/C23H25N5O2/c1-26-20-9-4-12-24-22(20)28(23(26)30)17-6-5-13-27(15-17)21(29)11-10-16-14-25-19-8-3-2-7-18(16)19/h2-4,7-9,12,14,17,25H,5-6,10-11,13,15H2,1H3/t17-/m0/s1. The lowest BCUT2D eigenvalue weighted by Crippen LogP contribution is -2.43. The smallest absolute Gasteiger partial charge is 0.330 e. The van der Waals surface area contributed by atoms with Gasteiger partial charge in [0.05, 0.1) is 11.6 Å². The second-order valence-corrected chi connectivity index (χ2v) is 8.05. The number of aromatic amines is 1. The van der Waals surface area contributed by atoms with Gasteiger partial charge in [0.15, 0.2) is 5.65 Å². The summed E-state index contributed by atoms with van der Waals surface area (Å²) in [5.74, 6) is 0.145. The molecule has 1 atom stereocenters. The Hall–Kier alpha value is -3.35. The zero-order chi connectivity index (χ0) is 20.7. The number of aryl methyl sites for hydroxylation is 2. The van der Waals surface area contributed by atoms with E-state index in [1.54, 1.807) is 22.4 Å². The third kappa shape index (κ3) is 3.10. The van der Waals surface area contributed by atoms with Crippen LogP contribution in [-0.4, -0.2) is 43.0 Å². The molecule has 1 amide bonds. The Balaban J connectivity index is 1.33. The molecule has 0 saturated carbocycles. The van der Waals surface area contributed by atoms with Gasteiger partial charge in [-0.2, -0.15) is 0 Å². The van der Waals surface area contributed by atoms with E-state index in [9.17, 15) is 9.59 Å². The zero-order valence-electron chi connectivity index (χ0n) is 17.0. The van der Waals surface area contributed by atoms with Crippen LogP contribution in [0.4, 0.5) is 0 Å². The predicted octanol–water partition coefficient (Wildman–Crippen LogP) is 3.01. The number of hydrogen-bond acceptors (Lipinski definition) is 3. The fourth-order valence-corrected chi connectivity index (χ4v) is 4.65. The molecule has 5 rings (SSSR count). The van der Waals surface area contributed by atoms with Crippen molar-refractivity contribution in [1.82, 2.24) is 24.0 Å². The highest BCUT2D eigenvalue weighted by atomic mass is 16.2. The van der Waals surface area contributed by atoms with Crippen molar-refractivity contribution in [1.29, 1.82) is 0 Å². The SMILES string of the molecule is Cn1c(=O)n([C@H]2CCCN(C(=O)CCc3c[nH]c4ccccc34)C2)c2ncccc21. The first kappa shape index (κ1) is 18.7. The number of nitrogens with one attached hydrogen (secondary N) is 1. The van der Waals surface area contributed by atoms with Crippen LogP contribution < -0.4 is 5.69 Å². The van der Waals surface area contributed by atoms with Crippen LogP contribution in [-0.2, 0) is 18.3 Å². The zero-order valence-corrected chi connectivity index (χ0v) is 17.0. The molecule has 7 heteroatoms. The minimum absolute atomic E-state index is 0.0399. The molecule has 1 N–H and O–H groups in total. The van der Waals surface area contributed by atoms with Gasteiger partial charge in [-0.3, -0.25) is 13.9 Å². The second kappa shape index (κ2) is 7.48. The number of carbonyl (C=O) groups excluding carboxylic acids is 1. The van der Waals surface area contributed by atoms with E-state index in [4.69, 9.17) is 0 Å². The summed E-state index contributed by atoms with van der Waals surface area (Å²) in [4.78, 5) is 35.4. The topological polar surface area (TPSA) is 75.9 Å². The largest absolute Gasteiger partial charge is 0.361 e. The summed E-state index contributed by atoms with van der Waals surface area (Å²) in [6.45, 7) is 1.30. The lowest BCUT2D eigenvalue weighted by Gasteiger charge is -2.33. The molecule has 154 valence electrons. The molecular formula is C23H25N5O2. The maximum Gasteiger partial charge on any atom is 0.330 e. The summed E-state index contributed by atoms with van der Waals surface area (Å²) in [5, 5.41) is 1.18. The van der Waals surface area contributed by atoms with Gasteiger partial charge in [0, 0.05) is 49.9 Å². The van der Waals surface area contributed by atoms with Crippen LogP contribution in [0, 0.1) is 0 Å². The average molecular weight is 403 g/mol. The number of fused-ring (bicyclic) bond motifs is 2. The summed E-state index contributed by atoms with van der Waals surface area (Å²) in [6, 6.07) is 11.9. The van der Waals surface area contributed by atoms with Crippen molar-refractivity contribution in [2.45, 2.75) is 31.7 Å². The Labute approximate surface area is 173 Å². The van der Waals surface area contributed by atoms with Gasteiger partial charge in [-0.05, 0) is 43.0 Å². The predicted molar refractivity (Wildman–Crippen MR) is 116 cm³/mol. The van der Waals surface area contributed by atoms with Gasteiger partial charge in [0.25, 0.3) is 0 Å². The monoisotopic (exact) mass is 403 g/mol. The molecule has 0 radical (unpaired) electrons. The number of rotatable bonds is 4. The maximum atomic E-state index is 13.0. The third-order valence-electron chi connectivity index (χ3n) is 6.25. The normalized spacial score (nSPS) is 17.1. The molecule has 4 heterocycles. The Morgan fingerprint density at radius 3 is 3.00 bits per heavy atom. The second-order valence-electron chi connectivity index (χ2n) is 8.05. The fraction of sp³-hybridized carbons (Fsp3) is 0.348. The molecule has 1 fully saturated rings. The van der Waals surface area contributed by atoms with Crippen LogP contribution in [0.25, 0.3) is 22.1 Å². The summed E-state index contributed by atoms with van der Waals surface area (Å²) >= 11 is 0. The highest BCUT2D eigenvalue weighted by molar-refractivity contribution is 5.84. The number of aromatic nitrogens is 4. The molecule has 0 aliphatic carbocycles. The minimum atomic E-state index is -0.0678. The molecule has 0 spiro atoms. The molecule has 1 aliphatic heterocycles. The number of para-hydroxylation sites is 1. The molecule has 0 bridgehead atoms. The van der Waals surface area contributed by atoms with Crippen molar-refractivity contribution in [2.75, 3.05) is 13.1 Å². The van der Waals surface area contributed by atoms with Gasteiger partial charge in [-0.1, -0.05) is 18.2 Å². The highest BCUT2D eigenvalue weighted by Gasteiger charge is 2.28. The van der Waals surface area contributed by atoms with Gasteiger partial charge in [-0.15, -0.1) is 0 Å². The first-order valence-corrected chi connectivity index (χ1v) is 10.5. The van der Waals surface area contributed by atoms with Crippen LogP contribution in [0.5, 0.6) is 0 Å². The summed E-state index contributed by atoms with van der Waals surface area (Å²) in [7, 11) is 1.77. The van der Waals surface area contributed by atoms with Gasteiger partial charge >= 0.3 is 5.69 Å². The van der Waals surface area contributed by atoms with Crippen LogP contribution >= 0.6 is 0 Å². The quantitative estimate of drug-likeness (QED) is 0.569. The van der Waals surface area contributed by atoms with E-state index in [0.717, 1.165) is 30.4 Å². The van der Waals surface area contributed by atoms with Gasteiger partial charge < -0.3 is 9.88 Å². The van der Waals surface area contributed by atoms with E-state index < -0.39 is 0 Å². The van der Waals surface area contributed by atoms with Crippen LogP contribution in [0.15, 0.2) is 53.6 Å². The van der Waals surface area contributed by atoms with E-state index in [1.165, 1.54) is 10.9 Å². The van der Waals surface area contributed by atoms with E-state index in [2.05, 4.69) is 16.0 Å². The third-order valence-corrected chi connectivity index (χ3v) is 6.25. The Morgan fingerprint density at radius 2 is 2.10 bits per heavy atom. The average Bonchev–Trinajstić information content (AvgIpc) is 3.31. The number of hydrogen-bond donors (Lipinski definition) is 1. The Morgan fingerprint density at radius 1 is 1.23 bits per heavy atom. The number of amides is 1. The van der Waals surface area contributed by atoms with E-state index in [1.807, 2.05) is 41.4 Å². The molecule has 1 aliphatic rings. The summed E-state index contributed by atoms with van der Waals surface area (Å²) in [5.41, 5.74) is 3.72. The van der Waals surface area contributed by atoms with E-state index in [-0.39, 0.29) is 17.6 Å². The molecule has 1 saturated heterocycles. The molecule has 30 heavy (non-hydrogen) atoms. The number of H-pyrrole nitrogens is 1. The summed E-state index contributed by atoms with van der Waals surface area (Å²) in [6.07, 6.45) is 6.65. The van der Waals surface area contributed by atoms with Crippen LogP contribution in [0.2, 0.25) is 0 Å². The summed E-state index contributed by atoms with van der Waals surface area (Å²) < 4.78 is 3.41. The van der Waals surface area contributed by atoms with Gasteiger partial charge in [-0.25, -0.2) is 9.78 Å². The first-order chi connectivity index (χ1) is 14.6. The van der Waals surface area contributed by atoms with Crippen molar-refractivity contribution in [3.63, 3.8) is 0 Å². The number of likely N-dealkylation sites (tertiary alicyclic amines) is 1. The van der Waals surface area contributed by atoms with Gasteiger partial charge in [0.2, 0.25) is 5.91 Å². The van der Waals surface area contributed by atoms with Crippen LogP contribution in [0.1, 0.15) is 30.9 Å². The highest BCUT2D eigenvalue weighted by Crippen LogP contribution is 2.25. The molecule has 1 aromatic carbocycles. The van der Waals surface area contributed by atoms with Crippen LogP contribution in [0.3, 0.4) is 0 Å². The minimum Gasteiger partial charge on any atom is -0.361 e. The molecule has 7 nitrogen and oxygen atoms in total. The van der Waals surface area contributed by atoms with Crippen molar-refractivity contribution >= 4 is 28.0 Å². The molecule has 4 aromatic rings. The fourth-order valence-electron chi connectivity index (χ4n) is 4.65. The lowest BCUT2D eigenvalue weighted by molar-refractivity contribution is -0.132. The number of carbonyl (C=O) groups is 1. The molecule has 0 unspecified atom stereocenters. The Bertz CT molecular complexity index is 1280. The van der Waals surface area contributed by atoms with Crippen molar-refractivity contribution in [2.24, 2.45) is 7.05 Å². The van der Waals surface area contributed by atoms with Crippen molar-refractivity contribution in [3.8, 4) is 0 Å². The number of nitrogens with zero attached hydrogens (tertiary/aromatic N) is 4. The number of piperidine rings is 1. The maximum absolute atomic E-state index is 13.0. The van der Waals surface area contributed by atoms with Crippen molar-refractivity contribution < 1.29 is 4.79 Å². The first-order valence-electron chi connectivity index (χ1n) is 10.5.